The van der Waals surface area contributed by atoms with Crippen LogP contribution in [0.5, 0.6) is 5.75 Å². The second-order valence-electron chi connectivity index (χ2n) is 6.97. The lowest BCUT2D eigenvalue weighted by Crippen LogP contribution is -2.27. The Balaban J connectivity index is 0.000000248. The second kappa shape index (κ2) is 12.4. The van der Waals surface area contributed by atoms with E-state index in [0.29, 0.717) is 11.6 Å². The number of ether oxygens (including phenoxy) is 1. The lowest BCUT2D eigenvalue weighted by molar-refractivity contribution is -0.146. The molecule has 0 radical (unpaired) electrons. The van der Waals surface area contributed by atoms with Gasteiger partial charge < -0.3 is 20.3 Å². The molecule has 0 aliphatic heterocycles. The largest absolute Gasteiger partial charge is 0.497 e. The average Bonchev–Trinajstić information content (AvgIpc) is 2.79. The Morgan fingerprint density at radius 2 is 1.47 bits per heavy atom. The van der Waals surface area contributed by atoms with E-state index in [9.17, 15) is 4.79 Å². The molecule has 3 N–H and O–H groups in total. The van der Waals surface area contributed by atoms with Crippen LogP contribution in [0.3, 0.4) is 0 Å². The van der Waals surface area contributed by atoms with Gasteiger partial charge in [0, 0.05) is 12.6 Å². The van der Waals surface area contributed by atoms with Gasteiger partial charge in [-0.05, 0) is 42.2 Å². The van der Waals surface area contributed by atoms with Crippen LogP contribution in [0.4, 0.5) is 0 Å². The van der Waals surface area contributed by atoms with Crippen LogP contribution >= 0.6 is 0 Å². The molecule has 0 saturated heterocycles. The van der Waals surface area contributed by atoms with Gasteiger partial charge in [0.1, 0.15) is 5.75 Å². The van der Waals surface area contributed by atoms with E-state index in [4.69, 9.17) is 14.9 Å². The Morgan fingerprint density at radius 3 is 2.00 bits per heavy atom. The van der Waals surface area contributed by atoms with Crippen molar-refractivity contribution < 1.29 is 19.7 Å². The number of carboxylic acids is 1. The van der Waals surface area contributed by atoms with Crippen molar-refractivity contribution in [2.45, 2.75) is 32.0 Å². The summed E-state index contributed by atoms with van der Waals surface area (Å²) in [4.78, 5) is 10.2. The molecule has 0 fully saturated rings. The first-order valence-corrected chi connectivity index (χ1v) is 9.85. The number of aliphatic hydroxyl groups excluding tert-OH is 1. The topological polar surface area (TPSA) is 78.8 Å². The van der Waals surface area contributed by atoms with Crippen molar-refractivity contribution in [3.63, 3.8) is 0 Å². The SMILES string of the molecule is COc1ccc(CC(C)NCc2ccccc2)cc1.O=C(O)C(O)c1ccccc1. The van der Waals surface area contributed by atoms with Crippen LogP contribution < -0.4 is 10.1 Å². The Labute approximate surface area is 178 Å². The van der Waals surface area contributed by atoms with Crippen LogP contribution in [-0.4, -0.2) is 29.3 Å². The predicted molar refractivity (Wildman–Crippen MR) is 118 cm³/mol. The van der Waals surface area contributed by atoms with E-state index < -0.39 is 12.1 Å². The molecule has 0 saturated carbocycles. The van der Waals surface area contributed by atoms with E-state index in [-0.39, 0.29) is 0 Å². The van der Waals surface area contributed by atoms with Gasteiger partial charge in [-0.2, -0.15) is 0 Å². The molecule has 5 nitrogen and oxygen atoms in total. The molecular formula is C25H29NO4. The van der Waals surface area contributed by atoms with Crippen molar-refractivity contribution in [2.75, 3.05) is 7.11 Å². The molecule has 158 valence electrons. The minimum absolute atomic E-state index is 0.403. The van der Waals surface area contributed by atoms with Crippen LogP contribution in [0, 0.1) is 0 Å². The van der Waals surface area contributed by atoms with Crippen molar-refractivity contribution in [2.24, 2.45) is 0 Å². The maximum Gasteiger partial charge on any atom is 0.337 e. The van der Waals surface area contributed by atoms with E-state index in [1.807, 2.05) is 18.2 Å². The van der Waals surface area contributed by atoms with Gasteiger partial charge in [-0.3, -0.25) is 0 Å². The molecule has 0 spiro atoms. The number of benzene rings is 3. The molecule has 30 heavy (non-hydrogen) atoms. The van der Waals surface area contributed by atoms with Gasteiger partial charge in [-0.1, -0.05) is 72.8 Å². The van der Waals surface area contributed by atoms with Crippen LogP contribution in [0.15, 0.2) is 84.9 Å². The van der Waals surface area contributed by atoms with Crippen LogP contribution in [0.1, 0.15) is 29.7 Å². The van der Waals surface area contributed by atoms with Crippen molar-refractivity contribution in [3.05, 3.63) is 102 Å². The summed E-state index contributed by atoms with van der Waals surface area (Å²) in [7, 11) is 1.69. The molecule has 5 heteroatoms. The van der Waals surface area contributed by atoms with Crippen LogP contribution in [0.2, 0.25) is 0 Å². The summed E-state index contributed by atoms with van der Waals surface area (Å²) in [5.74, 6) is -0.315. The first-order valence-electron chi connectivity index (χ1n) is 9.85. The minimum atomic E-state index is -1.41. The summed E-state index contributed by atoms with van der Waals surface area (Å²) in [6, 6.07) is 27.5. The quantitative estimate of drug-likeness (QED) is 0.521. The molecule has 0 heterocycles. The first kappa shape index (κ1) is 23.1. The van der Waals surface area contributed by atoms with Crippen molar-refractivity contribution in [3.8, 4) is 5.75 Å². The average molecular weight is 408 g/mol. The number of carbonyl (C=O) groups is 1. The molecule has 2 unspecified atom stereocenters. The fourth-order valence-corrected chi connectivity index (χ4v) is 2.85. The number of carboxylic acid groups (broad SMARTS) is 1. The molecular weight excluding hydrogens is 378 g/mol. The number of nitrogens with one attached hydrogen (secondary N) is 1. The standard InChI is InChI=1S/C17H21NO.C8H8O3/c1-14(18-13-16-6-4-3-5-7-16)12-15-8-10-17(19-2)11-9-15;9-7(8(10)11)6-4-2-1-3-5-6/h3-11,14,18H,12-13H2,1-2H3;1-5,7,9H,(H,10,11). The van der Waals surface area contributed by atoms with E-state index in [1.54, 1.807) is 37.4 Å². The molecule has 0 aromatic heterocycles. The van der Waals surface area contributed by atoms with Gasteiger partial charge >= 0.3 is 5.97 Å². The fourth-order valence-electron chi connectivity index (χ4n) is 2.85. The third-order valence-corrected chi connectivity index (χ3v) is 4.55. The number of hydrogen-bond acceptors (Lipinski definition) is 4. The molecule has 0 aliphatic rings. The maximum atomic E-state index is 10.2. The Hall–Kier alpha value is -3.15. The van der Waals surface area contributed by atoms with Gasteiger partial charge in [0.25, 0.3) is 0 Å². The van der Waals surface area contributed by atoms with E-state index in [0.717, 1.165) is 18.7 Å². The maximum absolute atomic E-state index is 10.2. The lowest BCUT2D eigenvalue weighted by Gasteiger charge is -2.14. The summed E-state index contributed by atoms with van der Waals surface area (Å²) in [6.45, 7) is 3.13. The zero-order valence-electron chi connectivity index (χ0n) is 17.4. The Bertz CT molecular complexity index is 867. The highest BCUT2D eigenvalue weighted by Crippen LogP contribution is 2.13. The Kier molecular flexibility index (Phi) is 9.58. The van der Waals surface area contributed by atoms with Crippen molar-refractivity contribution in [1.82, 2.24) is 5.32 Å². The first-order chi connectivity index (χ1) is 14.5. The van der Waals surface area contributed by atoms with Crippen LogP contribution in [0.25, 0.3) is 0 Å². The number of aliphatic hydroxyl groups is 1. The van der Waals surface area contributed by atoms with E-state index in [1.165, 1.54) is 11.1 Å². The number of hydrogen-bond donors (Lipinski definition) is 3. The van der Waals surface area contributed by atoms with E-state index in [2.05, 4.69) is 48.6 Å². The molecule has 3 aromatic carbocycles. The Morgan fingerprint density at radius 1 is 0.900 bits per heavy atom. The molecule has 3 rings (SSSR count). The molecule has 2 atom stereocenters. The van der Waals surface area contributed by atoms with Gasteiger partial charge in [0.2, 0.25) is 0 Å². The van der Waals surface area contributed by atoms with E-state index >= 15 is 0 Å². The third-order valence-electron chi connectivity index (χ3n) is 4.55. The predicted octanol–water partition coefficient (Wildman–Crippen LogP) is 4.22. The highest BCUT2D eigenvalue weighted by atomic mass is 16.5. The lowest BCUT2D eigenvalue weighted by atomic mass is 10.1. The molecule has 3 aromatic rings. The highest BCUT2D eigenvalue weighted by molar-refractivity contribution is 5.73. The fraction of sp³-hybridized carbons (Fsp3) is 0.240. The summed E-state index contributed by atoms with van der Waals surface area (Å²) in [6.07, 6.45) is -0.382. The third kappa shape index (κ3) is 8.07. The summed E-state index contributed by atoms with van der Waals surface area (Å²) in [5.41, 5.74) is 3.05. The molecule has 0 bridgehead atoms. The van der Waals surface area contributed by atoms with Crippen molar-refractivity contribution in [1.29, 1.82) is 0 Å². The van der Waals surface area contributed by atoms with Crippen molar-refractivity contribution >= 4 is 5.97 Å². The minimum Gasteiger partial charge on any atom is -0.497 e. The zero-order valence-corrected chi connectivity index (χ0v) is 17.4. The van der Waals surface area contributed by atoms with Gasteiger partial charge in [-0.25, -0.2) is 4.79 Å². The monoisotopic (exact) mass is 407 g/mol. The normalized spacial score (nSPS) is 12.2. The smallest absolute Gasteiger partial charge is 0.337 e. The van der Waals surface area contributed by atoms with Gasteiger partial charge in [0.15, 0.2) is 6.10 Å². The number of rotatable bonds is 8. The van der Waals surface area contributed by atoms with Gasteiger partial charge in [0.05, 0.1) is 7.11 Å². The number of methoxy groups -OCH3 is 1. The molecule has 0 amide bonds. The summed E-state index contributed by atoms with van der Waals surface area (Å²) < 4.78 is 5.16. The summed E-state index contributed by atoms with van der Waals surface area (Å²) >= 11 is 0. The van der Waals surface area contributed by atoms with Crippen LogP contribution in [-0.2, 0) is 17.8 Å². The second-order valence-corrected chi connectivity index (χ2v) is 6.97. The highest BCUT2D eigenvalue weighted by Gasteiger charge is 2.14. The molecule has 0 aliphatic carbocycles. The zero-order chi connectivity index (χ0) is 21.8. The van der Waals surface area contributed by atoms with Gasteiger partial charge in [-0.15, -0.1) is 0 Å². The number of aliphatic carboxylic acids is 1. The summed E-state index contributed by atoms with van der Waals surface area (Å²) in [5, 5.41) is 20.9.